The minimum Gasteiger partial charge on any atom is -0.463 e. The van der Waals surface area contributed by atoms with E-state index in [0.717, 1.165) is 5.56 Å². The van der Waals surface area contributed by atoms with Crippen molar-refractivity contribution in [2.45, 2.75) is 13.0 Å². The molecule has 0 saturated heterocycles. The molecule has 1 aromatic rings. The maximum Gasteiger partial charge on any atom is 0.330 e. The molecule has 0 radical (unpaired) electrons. The summed E-state index contributed by atoms with van der Waals surface area (Å²) >= 11 is 0. The molecule has 16 heavy (non-hydrogen) atoms. The van der Waals surface area contributed by atoms with E-state index in [4.69, 9.17) is 9.47 Å². The smallest absolute Gasteiger partial charge is 0.330 e. The molecule has 0 saturated carbocycles. The van der Waals surface area contributed by atoms with Crippen LogP contribution in [0.2, 0.25) is 0 Å². The third-order valence-electron chi connectivity index (χ3n) is 2.08. The van der Waals surface area contributed by atoms with Gasteiger partial charge < -0.3 is 9.47 Å². The molecule has 1 rings (SSSR count). The van der Waals surface area contributed by atoms with Crippen LogP contribution in [-0.2, 0) is 14.3 Å². The second kappa shape index (κ2) is 6.80. The van der Waals surface area contributed by atoms with E-state index in [-0.39, 0.29) is 12.1 Å². The first kappa shape index (κ1) is 12.5. The average molecular weight is 220 g/mol. The lowest BCUT2D eigenvalue weighted by Crippen LogP contribution is -2.02. The summed E-state index contributed by atoms with van der Waals surface area (Å²) in [4.78, 5) is 11.1. The van der Waals surface area contributed by atoms with Gasteiger partial charge in [0.2, 0.25) is 0 Å². The summed E-state index contributed by atoms with van der Waals surface area (Å²) in [5.41, 5.74) is 1.01. The van der Waals surface area contributed by atoms with Crippen molar-refractivity contribution < 1.29 is 14.3 Å². The molecule has 1 unspecified atom stereocenters. The number of hydrogen-bond donors (Lipinski definition) is 0. The molecule has 0 aromatic heterocycles. The Morgan fingerprint density at radius 3 is 2.62 bits per heavy atom. The minimum atomic E-state index is -0.347. The summed E-state index contributed by atoms with van der Waals surface area (Å²) in [5.74, 6) is -0.347. The van der Waals surface area contributed by atoms with Crippen molar-refractivity contribution in [1.82, 2.24) is 0 Å². The molecule has 0 aliphatic rings. The van der Waals surface area contributed by atoms with Gasteiger partial charge in [-0.3, -0.25) is 0 Å². The standard InChI is InChI=1S/C13H16O3/c1-3-16-13(14)10-9-12(15-2)11-7-5-4-6-8-11/h4-10,12H,3H2,1-2H3/b10-9+. The van der Waals surface area contributed by atoms with E-state index in [2.05, 4.69) is 0 Å². The van der Waals surface area contributed by atoms with Gasteiger partial charge in [-0.25, -0.2) is 4.79 Å². The third-order valence-corrected chi connectivity index (χ3v) is 2.08. The third kappa shape index (κ3) is 3.87. The topological polar surface area (TPSA) is 35.5 Å². The highest BCUT2D eigenvalue weighted by Crippen LogP contribution is 2.17. The SMILES string of the molecule is CCOC(=O)/C=C/C(OC)c1ccccc1. The zero-order chi connectivity index (χ0) is 11.8. The van der Waals surface area contributed by atoms with Crippen molar-refractivity contribution in [2.24, 2.45) is 0 Å². The summed E-state index contributed by atoms with van der Waals surface area (Å²) in [6.45, 7) is 2.16. The van der Waals surface area contributed by atoms with Gasteiger partial charge in [0.05, 0.1) is 6.61 Å². The van der Waals surface area contributed by atoms with Crippen LogP contribution in [0.15, 0.2) is 42.5 Å². The van der Waals surface area contributed by atoms with E-state index in [0.29, 0.717) is 6.61 Å². The maximum atomic E-state index is 11.1. The summed E-state index contributed by atoms with van der Waals surface area (Å²) < 4.78 is 10.1. The number of rotatable bonds is 5. The molecule has 3 heteroatoms. The molecule has 0 spiro atoms. The van der Waals surface area contributed by atoms with Crippen LogP contribution in [0.5, 0.6) is 0 Å². The van der Waals surface area contributed by atoms with Crippen LogP contribution in [0.3, 0.4) is 0 Å². The molecule has 1 atom stereocenters. The molecular formula is C13H16O3. The second-order valence-corrected chi connectivity index (χ2v) is 3.18. The van der Waals surface area contributed by atoms with E-state index in [1.54, 1.807) is 20.1 Å². The molecule has 0 fully saturated rings. The summed E-state index contributed by atoms with van der Waals surface area (Å²) in [6, 6.07) is 9.69. The Labute approximate surface area is 95.7 Å². The van der Waals surface area contributed by atoms with Crippen LogP contribution in [0.25, 0.3) is 0 Å². The Morgan fingerprint density at radius 1 is 1.38 bits per heavy atom. The largest absolute Gasteiger partial charge is 0.463 e. The van der Waals surface area contributed by atoms with Crippen LogP contribution in [0.4, 0.5) is 0 Å². The molecule has 0 N–H and O–H groups in total. The maximum absolute atomic E-state index is 11.1. The van der Waals surface area contributed by atoms with Gasteiger partial charge in [-0.05, 0) is 18.6 Å². The fraction of sp³-hybridized carbons (Fsp3) is 0.308. The predicted octanol–water partition coefficient (Wildman–Crippen LogP) is 2.49. The summed E-state index contributed by atoms with van der Waals surface area (Å²) in [7, 11) is 1.60. The molecule has 3 nitrogen and oxygen atoms in total. The van der Waals surface area contributed by atoms with Crippen molar-refractivity contribution in [1.29, 1.82) is 0 Å². The van der Waals surface area contributed by atoms with E-state index >= 15 is 0 Å². The highest BCUT2D eigenvalue weighted by molar-refractivity contribution is 5.82. The Kier molecular flexibility index (Phi) is 5.29. The lowest BCUT2D eigenvalue weighted by Gasteiger charge is -2.10. The summed E-state index contributed by atoms with van der Waals surface area (Å²) in [6.07, 6.45) is 2.86. The number of hydrogen-bond acceptors (Lipinski definition) is 3. The Balaban J connectivity index is 2.66. The second-order valence-electron chi connectivity index (χ2n) is 3.18. The fourth-order valence-corrected chi connectivity index (χ4v) is 1.32. The van der Waals surface area contributed by atoms with Crippen LogP contribution >= 0.6 is 0 Å². The van der Waals surface area contributed by atoms with Crippen molar-refractivity contribution in [3.63, 3.8) is 0 Å². The zero-order valence-electron chi connectivity index (χ0n) is 9.55. The van der Waals surface area contributed by atoms with Crippen molar-refractivity contribution in [2.75, 3.05) is 13.7 Å². The normalized spacial score (nSPS) is 12.6. The van der Waals surface area contributed by atoms with E-state index < -0.39 is 0 Å². The highest BCUT2D eigenvalue weighted by atomic mass is 16.5. The van der Waals surface area contributed by atoms with E-state index in [1.165, 1.54) is 6.08 Å². The van der Waals surface area contributed by atoms with Gasteiger partial charge in [-0.2, -0.15) is 0 Å². The lowest BCUT2D eigenvalue weighted by molar-refractivity contribution is -0.137. The van der Waals surface area contributed by atoms with Gasteiger partial charge in [-0.1, -0.05) is 30.3 Å². The van der Waals surface area contributed by atoms with Gasteiger partial charge in [0.15, 0.2) is 0 Å². The lowest BCUT2D eigenvalue weighted by atomic mass is 10.1. The van der Waals surface area contributed by atoms with Gasteiger partial charge in [-0.15, -0.1) is 0 Å². The molecule has 0 aliphatic carbocycles. The fourth-order valence-electron chi connectivity index (χ4n) is 1.32. The minimum absolute atomic E-state index is 0.217. The van der Waals surface area contributed by atoms with Gasteiger partial charge >= 0.3 is 5.97 Å². The monoisotopic (exact) mass is 220 g/mol. The predicted molar refractivity (Wildman–Crippen MR) is 62.0 cm³/mol. The number of carbonyl (C=O) groups excluding carboxylic acids is 1. The number of methoxy groups -OCH3 is 1. The Hall–Kier alpha value is -1.61. The number of esters is 1. The van der Waals surface area contributed by atoms with Crippen molar-refractivity contribution in [3.8, 4) is 0 Å². The summed E-state index contributed by atoms with van der Waals surface area (Å²) in [5, 5.41) is 0. The molecule has 1 aromatic carbocycles. The molecule has 86 valence electrons. The van der Waals surface area contributed by atoms with Crippen molar-refractivity contribution in [3.05, 3.63) is 48.0 Å². The van der Waals surface area contributed by atoms with Crippen LogP contribution in [-0.4, -0.2) is 19.7 Å². The van der Waals surface area contributed by atoms with Crippen LogP contribution in [0, 0.1) is 0 Å². The van der Waals surface area contributed by atoms with Crippen molar-refractivity contribution >= 4 is 5.97 Å². The van der Waals surface area contributed by atoms with Crippen LogP contribution in [0.1, 0.15) is 18.6 Å². The quantitative estimate of drug-likeness (QED) is 0.565. The first-order chi connectivity index (χ1) is 7.77. The van der Waals surface area contributed by atoms with E-state index in [1.807, 2.05) is 30.3 Å². The van der Waals surface area contributed by atoms with Crippen LogP contribution < -0.4 is 0 Å². The molecular weight excluding hydrogens is 204 g/mol. The number of benzene rings is 1. The van der Waals surface area contributed by atoms with Gasteiger partial charge in [0, 0.05) is 13.2 Å². The van der Waals surface area contributed by atoms with Gasteiger partial charge in [0.25, 0.3) is 0 Å². The first-order valence-corrected chi connectivity index (χ1v) is 5.20. The number of carbonyl (C=O) groups is 1. The molecule has 0 heterocycles. The zero-order valence-corrected chi connectivity index (χ0v) is 9.55. The van der Waals surface area contributed by atoms with E-state index in [9.17, 15) is 4.79 Å². The first-order valence-electron chi connectivity index (χ1n) is 5.20. The average Bonchev–Trinajstić information content (AvgIpc) is 2.31. The van der Waals surface area contributed by atoms with Gasteiger partial charge in [0.1, 0.15) is 6.10 Å². The highest BCUT2D eigenvalue weighted by Gasteiger charge is 2.06. The molecule has 0 amide bonds. The molecule has 0 bridgehead atoms. The Morgan fingerprint density at radius 2 is 2.06 bits per heavy atom. The molecule has 0 aliphatic heterocycles. The number of ether oxygens (including phenoxy) is 2. The Bertz CT molecular complexity index is 343.